The lowest BCUT2D eigenvalue weighted by Gasteiger charge is -2.43. The van der Waals surface area contributed by atoms with Gasteiger partial charge < -0.3 is 10.0 Å². The highest BCUT2D eigenvalue weighted by Gasteiger charge is 2.40. The van der Waals surface area contributed by atoms with Gasteiger partial charge in [0.05, 0.1) is 16.8 Å². The Morgan fingerprint density at radius 1 is 1.09 bits per heavy atom. The topological polar surface area (TPSA) is 64.9 Å². The maximum atomic E-state index is 13.3. The molecule has 0 aliphatic carbocycles. The van der Waals surface area contributed by atoms with Crippen LogP contribution in [0.5, 0.6) is 0 Å². The summed E-state index contributed by atoms with van der Waals surface area (Å²) in [6.07, 6.45) is 3.76. The first-order valence-electron chi connectivity index (χ1n) is 11.7. The fourth-order valence-electron chi connectivity index (χ4n) is 4.82. The van der Waals surface area contributed by atoms with E-state index < -0.39 is 11.5 Å². The number of hydrazone groups is 1. The second-order valence-corrected chi connectivity index (χ2v) is 9.66. The zero-order chi connectivity index (χ0) is 25.2. The van der Waals surface area contributed by atoms with Crippen molar-refractivity contribution in [2.45, 2.75) is 38.8 Å². The number of nitrogens with one attached hydrogen (secondary N) is 1. The van der Waals surface area contributed by atoms with Crippen molar-refractivity contribution in [1.29, 1.82) is 0 Å². The van der Waals surface area contributed by atoms with E-state index in [2.05, 4.69) is 49.2 Å². The quantitative estimate of drug-likeness (QED) is 0.344. The van der Waals surface area contributed by atoms with Gasteiger partial charge in [-0.25, -0.2) is 5.43 Å². The van der Waals surface area contributed by atoms with Crippen LogP contribution < -0.4 is 10.3 Å². The van der Waals surface area contributed by atoms with E-state index in [9.17, 15) is 9.90 Å². The maximum Gasteiger partial charge on any atom is 0.281 e. The van der Waals surface area contributed by atoms with E-state index in [1.165, 1.54) is 6.21 Å². The minimum Gasteiger partial charge on any atom is -0.372 e. The molecular formula is C29H30ClN3O2. The first-order chi connectivity index (χ1) is 16.7. The second kappa shape index (κ2) is 9.68. The molecule has 4 rings (SSSR count). The molecule has 2 N–H and O–H groups in total. The highest BCUT2D eigenvalue weighted by Crippen LogP contribution is 2.41. The van der Waals surface area contributed by atoms with Gasteiger partial charge in [-0.05, 0) is 56.5 Å². The highest BCUT2D eigenvalue weighted by atomic mass is 35.5. The van der Waals surface area contributed by atoms with Crippen molar-refractivity contribution in [1.82, 2.24) is 5.43 Å². The second-order valence-electron chi connectivity index (χ2n) is 9.26. The molecule has 1 aliphatic heterocycles. The lowest BCUT2D eigenvalue weighted by molar-refractivity contribution is -0.136. The fourth-order valence-corrected chi connectivity index (χ4v) is 5.03. The van der Waals surface area contributed by atoms with E-state index in [0.29, 0.717) is 21.7 Å². The molecule has 0 fully saturated rings. The summed E-state index contributed by atoms with van der Waals surface area (Å²) in [4.78, 5) is 15.6. The Balaban J connectivity index is 1.64. The highest BCUT2D eigenvalue weighted by molar-refractivity contribution is 6.33. The van der Waals surface area contributed by atoms with Crippen LogP contribution in [0, 0.1) is 0 Å². The summed E-state index contributed by atoms with van der Waals surface area (Å²) in [6.45, 7) is 9.43. The standard InChI is InChI=1S/C29H30ClN3O2/c1-5-33-26-17-25(30)21(16-24(26)20(2)18-28(33,3)4)19-31-32-27(34)29(35,22-12-8-6-9-13-22)23-14-10-7-11-15-23/h6-19,35H,5H2,1-4H3,(H,32,34)/b31-19-. The summed E-state index contributed by atoms with van der Waals surface area (Å²) >= 11 is 6.62. The Bertz CT molecular complexity index is 1240. The van der Waals surface area contributed by atoms with Crippen LogP contribution in [0.15, 0.2) is 84.0 Å². The largest absolute Gasteiger partial charge is 0.372 e. The van der Waals surface area contributed by atoms with Crippen LogP contribution >= 0.6 is 11.6 Å². The number of fused-ring (bicyclic) bond motifs is 1. The molecule has 1 amide bonds. The van der Waals surface area contributed by atoms with Crippen LogP contribution in [-0.2, 0) is 10.4 Å². The number of hydrogen-bond donors (Lipinski definition) is 2. The molecule has 0 bridgehead atoms. The molecule has 1 aliphatic rings. The van der Waals surface area contributed by atoms with E-state index in [1.54, 1.807) is 48.5 Å². The Labute approximate surface area is 211 Å². The van der Waals surface area contributed by atoms with E-state index in [-0.39, 0.29) is 5.54 Å². The summed E-state index contributed by atoms with van der Waals surface area (Å²) in [7, 11) is 0. The SMILES string of the molecule is CCN1c2cc(Cl)c(/C=N\NC(=O)C(O)(c3ccccc3)c3ccccc3)cc2C(C)=CC1(C)C. The number of nitrogens with zero attached hydrogens (tertiary/aromatic N) is 2. The molecule has 6 heteroatoms. The minimum atomic E-state index is -1.90. The Morgan fingerprint density at radius 2 is 1.66 bits per heavy atom. The summed E-state index contributed by atoms with van der Waals surface area (Å²) in [5.74, 6) is -0.657. The summed E-state index contributed by atoms with van der Waals surface area (Å²) < 4.78 is 0. The summed E-state index contributed by atoms with van der Waals surface area (Å²) in [5, 5.41) is 16.2. The van der Waals surface area contributed by atoms with Gasteiger partial charge >= 0.3 is 0 Å². The van der Waals surface area contributed by atoms with Gasteiger partial charge in [0.15, 0.2) is 5.60 Å². The molecule has 0 saturated heterocycles. The van der Waals surface area contributed by atoms with Gasteiger partial charge in [0.1, 0.15) is 0 Å². The number of allylic oxidation sites excluding steroid dienone is 1. The monoisotopic (exact) mass is 487 g/mol. The van der Waals surface area contributed by atoms with Gasteiger partial charge in [0.2, 0.25) is 0 Å². The van der Waals surface area contributed by atoms with Crippen molar-refractivity contribution >= 4 is 35.0 Å². The van der Waals surface area contributed by atoms with Gasteiger partial charge in [-0.3, -0.25) is 4.79 Å². The Hall–Kier alpha value is -3.41. The Kier molecular flexibility index (Phi) is 6.84. The van der Waals surface area contributed by atoms with Crippen molar-refractivity contribution in [3.8, 4) is 0 Å². The van der Waals surface area contributed by atoms with Gasteiger partial charge in [-0.1, -0.05) is 78.3 Å². The molecule has 0 atom stereocenters. The molecular weight excluding hydrogens is 458 g/mol. The minimum absolute atomic E-state index is 0.113. The van der Waals surface area contributed by atoms with Gasteiger partial charge in [-0.2, -0.15) is 5.10 Å². The van der Waals surface area contributed by atoms with E-state index in [4.69, 9.17) is 11.6 Å². The summed E-state index contributed by atoms with van der Waals surface area (Å²) in [5.41, 5.74) is 5.40. The number of rotatable bonds is 6. The number of likely N-dealkylation sites (N-methyl/N-ethyl adjacent to an activating group) is 1. The van der Waals surface area contributed by atoms with Crippen LogP contribution in [0.3, 0.4) is 0 Å². The Morgan fingerprint density at radius 3 is 2.20 bits per heavy atom. The molecule has 0 aromatic heterocycles. The third-order valence-corrected chi connectivity index (χ3v) is 6.82. The van der Waals surface area contributed by atoms with Gasteiger partial charge in [-0.15, -0.1) is 0 Å². The van der Waals surface area contributed by atoms with E-state index in [1.807, 2.05) is 24.3 Å². The van der Waals surface area contributed by atoms with Crippen LogP contribution in [0.1, 0.15) is 49.9 Å². The molecule has 35 heavy (non-hydrogen) atoms. The lowest BCUT2D eigenvalue weighted by atomic mass is 9.85. The first kappa shape index (κ1) is 24.7. The molecule has 180 valence electrons. The number of anilines is 1. The summed E-state index contributed by atoms with van der Waals surface area (Å²) in [6, 6.07) is 21.6. The van der Waals surface area contributed by atoms with Crippen molar-refractivity contribution in [2.24, 2.45) is 5.10 Å². The normalized spacial score (nSPS) is 15.0. The fraction of sp³-hybridized carbons (Fsp3) is 0.241. The molecule has 0 saturated carbocycles. The number of hydrogen-bond acceptors (Lipinski definition) is 4. The van der Waals surface area contributed by atoms with E-state index in [0.717, 1.165) is 23.4 Å². The molecule has 1 heterocycles. The number of carbonyl (C=O) groups excluding carboxylic acids is 1. The van der Waals surface area contributed by atoms with E-state index >= 15 is 0 Å². The number of halogens is 1. The van der Waals surface area contributed by atoms with Crippen LogP contribution in [-0.4, -0.2) is 29.3 Å². The maximum absolute atomic E-state index is 13.3. The molecule has 0 radical (unpaired) electrons. The first-order valence-corrected chi connectivity index (χ1v) is 12.0. The molecule has 0 spiro atoms. The smallest absolute Gasteiger partial charge is 0.281 e. The number of amides is 1. The van der Waals surface area contributed by atoms with Crippen molar-refractivity contribution in [3.05, 3.63) is 106 Å². The zero-order valence-corrected chi connectivity index (χ0v) is 21.2. The van der Waals surface area contributed by atoms with Crippen LogP contribution in [0.4, 0.5) is 5.69 Å². The third kappa shape index (κ3) is 4.62. The van der Waals surface area contributed by atoms with Crippen LogP contribution in [0.2, 0.25) is 5.02 Å². The average molecular weight is 488 g/mol. The average Bonchev–Trinajstić information content (AvgIpc) is 2.85. The van der Waals surface area contributed by atoms with Crippen molar-refractivity contribution in [3.63, 3.8) is 0 Å². The predicted molar refractivity (Wildman–Crippen MR) is 144 cm³/mol. The lowest BCUT2D eigenvalue weighted by Crippen LogP contribution is -2.44. The number of aliphatic hydroxyl groups is 1. The van der Waals surface area contributed by atoms with Crippen LogP contribution in [0.25, 0.3) is 5.57 Å². The molecule has 3 aromatic carbocycles. The third-order valence-electron chi connectivity index (χ3n) is 6.49. The molecule has 5 nitrogen and oxygen atoms in total. The van der Waals surface area contributed by atoms with Gasteiger partial charge in [0.25, 0.3) is 5.91 Å². The zero-order valence-electron chi connectivity index (χ0n) is 20.4. The predicted octanol–water partition coefficient (Wildman–Crippen LogP) is 5.75. The van der Waals surface area contributed by atoms with Gasteiger partial charge in [0, 0.05) is 23.4 Å². The number of benzene rings is 3. The van der Waals surface area contributed by atoms with Crippen molar-refractivity contribution in [2.75, 3.05) is 11.4 Å². The molecule has 0 unspecified atom stereocenters. The number of carbonyl (C=O) groups is 1. The molecule has 3 aromatic rings. The van der Waals surface area contributed by atoms with Crippen molar-refractivity contribution < 1.29 is 9.90 Å².